The molecule has 0 aromatic rings. The summed E-state index contributed by atoms with van der Waals surface area (Å²) in [5.74, 6) is 0.988. The van der Waals surface area contributed by atoms with Gasteiger partial charge in [0.1, 0.15) is 12.3 Å². The fourth-order valence-corrected chi connectivity index (χ4v) is 5.11. The largest absolute Gasteiger partial charge is 0.348 e. The van der Waals surface area contributed by atoms with Crippen molar-refractivity contribution in [1.29, 1.82) is 0 Å². The summed E-state index contributed by atoms with van der Waals surface area (Å²) >= 11 is 0. The zero-order chi connectivity index (χ0) is 15.2. The minimum atomic E-state index is -0.956. The van der Waals surface area contributed by atoms with E-state index in [9.17, 15) is 8.78 Å². The van der Waals surface area contributed by atoms with Gasteiger partial charge < -0.3 is 9.47 Å². The molecule has 3 fully saturated rings. The van der Waals surface area contributed by atoms with Gasteiger partial charge in [0.05, 0.1) is 13.2 Å². The third-order valence-electron chi connectivity index (χ3n) is 6.20. The van der Waals surface area contributed by atoms with Crippen LogP contribution < -0.4 is 0 Å². The van der Waals surface area contributed by atoms with Gasteiger partial charge in [-0.2, -0.15) is 0 Å². The van der Waals surface area contributed by atoms with Crippen LogP contribution in [0.1, 0.15) is 51.4 Å². The Kier molecular flexibility index (Phi) is 4.02. The lowest BCUT2D eigenvalue weighted by atomic mass is 9.67. The van der Waals surface area contributed by atoms with E-state index < -0.39 is 12.3 Å². The van der Waals surface area contributed by atoms with Crippen molar-refractivity contribution in [2.75, 3.05) is 13.2 Å². The molecule has 1 aliphatic heterocycles. The number of alkyl halides is 2. The van der Waals surface area contributed by atoms with E-state index in [0.29, 0.717) is 24.7 Å². The lowest BCUT2D eigenvalue weighted by Crippen LogP contribution is -2.41. The van der Waals surface area contributed by atoms with Crippen molar-refractivity contribution < 1.29 is 18.3 Å². The summed E-state index contributed by atoms with van der Waals surface area (Å²) in [7, 11) is 0. The molecule has 4 aliphatic rings. The van der Waals surface area contributed by atoms with Gasteiger partial charge in [-0.25, -0.2) is 8.78 Å². The van der Waals surface area contributed by atoms with Crippen LogP contribution in [-0.2, 0) is 9.47 Å². The second-order valence-corrected chi connectivity index (χ2v) is 7.65. The Morgan fingerprint density at radius 2 is 1.73 bits per heavy atom. The highest BCUT2D eigenvalue weighted by Gasteiger charge is 2.45. The van der Waals surface area contributed by atoms with Crippen LogP contribution in [0.25, 0.3) is 0 Å². The molecule has 2 saturated carbocycles. The van der Waals surface area contributed by atoms with Gasteiger partial charge >= 0.3 is 0 Å². The quantitative estimate of drug-likeness (QED) is 0.671. The molecule has 0 bridgehead atoms. The SMILES string of the molecule is FC1CC(F)CC(C2=CC3CCC4(CC3CC2)OCCO4)C1. The van der Waals surface area contributed by atoms with Crippen molar-refractivity contribution in [3.05, 3.63) is 11.6 Å². The monoisotopic (exact) mass is 312 g/mol. The van der Waals surface area contributed by atoms with Crippen molar-refractivity contribution in [1.82, 2.24) is 0 Å². The third-order valence-corrected chi connectivity index (χ3v) is 6.20. The van der Waals surface area contributed by atoms with E-state index in [1.165, 1.54) is 5.57 Å². The summed E-state index contributed by atoms with van der Waals surface area (Å²) in [5, 5.41) is 0. The van der Waals surface area contributed by atoms with Crippen LogP contribution in [0, 0.1) is 17.8 Å². The van der Waals surface area contributed by atoms with Crippen LogP contribution in [0.15, 0.2) is 11.6 Å². The Morgan fingerprint density at radius 3 is 2.45 bits per heavy atom. The molecule has 22 heavy (non-hydrogen) atoms. The fraction of sp³-hybridized carbons (Fsp3) is 0.889. The second kappa shape index (κ2) is 5.86. The Bertz CT molecular complexity index is 434. The van der Waals surface area contributed by atoms with Crippen LogP contribution >= 0.6 is 0 Å². The second-order valence-electron chi connectivity index (χ2n) is 7.65. The summed E-state index contributed by atoms with van der Waals surface area (Å²) in [5.41, 5.74) is 1.33. The highest BCUT2D eigenvalue weighted by molar-refractivity contribution is 5.16. The Hall–Kier alpha value is -0.480. The molecule has 4 heteroatoms. The fourth-order valence-electron chi connectivity index (χ4n) is 5.11. The number of allylic oxidation sites excluding steroid dienone is 2. The van der Waals surface area contributed by atoms with Gasteiger partial charge in [0.2, 0.25) is 0 Å². The van der Waals surface area contributed by atoms with Crippen LogP contribution in [-0.4, -0.2) is 31.3 Å². The smallest absolute Gasteiger partial charge is 0.168 e. The zero-order valence-electron chi connectivity index (χ0n) is 13.1. The first-order chi connectivity index (χ1) is 10.6. The molecule has 0 aromatic carbocycles. The number of rotatable bonds is 1. The van der Waals surface area contributed by atoms with Gasteiger partial charge in [-0.3, -0.25) is 0 Å². The highest BCUT2D eigenvalue weighted by atomic mass is 19.1. The van der Waals surface area contributed by atoms with Crippen molar-refractivity contribution in [3.8, 4) is 0 Å². The van der Waals surface area contributed by atoms with Crippen molar-refractivity contribution in [3.63, 3.8) is 0 Å². The van der Waals surface area contributed by atoms with E-state index in [4.69, 9.17) is 9.47 Å². The van der Waals surface area contributed by atoms with Crippen LogP contribution in [0.3, 0.4) is 0 Å². The standard InChI is InChI=1S/C18H26F2O2/c19-16-8-15(9-17(20)10-16)12-1-2-14-11-18(21-5-6-22-18)4-3-13(14)7-12/h7,13-17H,1-6,8-11H2. The molecule has 1 spiro atoms. The first kappa shape index (κ1) is 15.1. The zero-order valence-corrected chi connectivity index (χ0v) is 13.1. The molecule has 1 saturated heterocycles. The van der Waals surface area contributed by atoms with E-state index in [2.05, 4.69) is 6.08 Å². The highest BCUT2D eigenvalue weighted by Crippen LogP contribution is 2.48. The van der Waals surface area contributed by atoms with Gasteiger partial charge in [-0.05, 0) is 49.9 Å². The van der Waals surface area contributed by atoms with Crippen molar-refractivity contribution in [2.45, 2.75) is 69.5 Å². The average molecular weight is 312 g/mol. The normalized spacial score (nSPS) is 44.6. The molecular weight excluding hydrogens is 286 g/mol. The summed E-state index contributed by atoms with van der Waals surface area (Å²) in [4.78, 5) is 0. The molecule has 124 valence electrons. The summed E-state index contributed by atoms with van der Waals surface area (Å²) in [6, 6.07) is 0. The lowest BCUT2D eigenvalue weighted by Gasteiger charge is -2.43. The summed E-state index contributed by atoms with van der Waals surface area (Å²) in [6.07, 6.45) is 6.77. The van der Waals surface area contributed by atoms with Crippen molar-refractivity contribution >= 4 is 0 Å². The molecule has 0 amide bonds. The maximum Gasteiger partial charge on any atom is 0.168 e. The van der Waals surface area contributed by atoms with Crippen molar-refractivity contribution in [2.24, 2.45) is 17.8 Å². The van der Waals surface area contributed by atoms with E-state index in [1.54, 1.807) is 0 Å². The molecule has 4 unspecified atom stereocenters. The Balaban J connectivity index is 1.44. The maximum absolute atomic E-state index is 13.7. The first-order valence-electron chi connectivity index (χ1n) is 8.90. The van der Waals surface area contributed by atoms with E-state index in [-0.39, 0.29) is 18.1 Å². The number of ether oxygens (including phenoxy) is 2. The minimum Gasteiger partial charge on any atom is -0.348 e. The molecule has 4 atom stereocenters. The maximum atomic E-state index is 13.7. The predicted octanol–water partition coefficient (Wildman–Crippen LogP) is 4.34. The summed E-state index contributed by atoms with van der Waals surface area (Å²) < 4.78 is 39.1. The third kappa shape index (κ3) is 2.84. The molecule has 0 aromatic heterocycles. The molecular formula is C18H26F2O2. The predicted molar refractivity (Wildman–Crippen MR) is 79.9 cm³/mol. The van der Waals surface area contributed by atoms with Gasteiger partial charge in [0.15, 0.2) is 5.79 Å². The molecule has 2 nitrogen and oxygen atoms in total. The van der Waals surface area contributed by atoms with E-state index in [1.807, 2.05) is 0 Å². The Morgan fingerprint density at radius 1 is 1.00 bits per heavy atom. The Labute approximate surface area is 131 Å². The first-order valence-corrected chi connectivity index (χ1v) is 8.90. The molecule has 0 radical (unpaired) electrons. The molecule has 3 aliphatic carbocycles. The number of hydrogen-bond acceptors (Lipinski definition) is 2. The van der Waals surface area contributed by atoms with Gasteiger partial charge in [0, 0.05) is 19.3 Å². The van der Waals surface area contributed by atoms with Gasteiger partial charge in [0.25, 0.3) is 0 Å². The van der Waals surface area contributed by atoms with Crippen LogP contribution in [0.2, 0.25) is 0 Å². The molecule has 4 rings (SSSR count). The average Bonchev–Trinajstić information content (AvgIpc) is 2.94. The molecule has 0 N–H and O–H groups in total. The van der Waals surface area contributed by atoms with Crippen LogP contribution in [0.5, 0.6) is 0 Å². The summed E-state index contributed by atoms with van der Waals surface area (Å²) in [6.45, 7) is 1.44. The number of fused-ring (bicyclic) bond motifs is 1. The number of halogens is 2. The lowest BCUT2D eigenvalue weighted by molar-refractivity contribution is -0.193. The van der Waals surface area contributed by atoms with Gasteiger partial charge in [-0.15, -0.1) is 0 Å². The minimum absolute atomic E-state index is 0.104. The molecule has 1 heterocycles. The van der Waals surface area contributed by atoms with E-state index >= 15 is 0 Å². The van der Waals surface area contributed by atoms with Gasteiger partial charge in [-0.1, -0.05) is 11.6 Å². The van der Waals surface area contributed by atoms with Crippen LogP contribution in [0.4, 0.5) is 8.78 Å². The topological polar surface area (TPSA) is 18.5 Å². The van der Waals surface area contributed by atoms with E-state index in [0.717, 1.165) is 45.3 Å². The number of hydrogen-bond donors (Lipinski definition) is 0.